The maximum atomic E-state index is 2.21. The van der Waals surface area contributed by atoms with Crippen molar-refractivity contribution in [3.8, 4) is 0 Å². The Hall–Kier alpha value is -0.380. The highest BCUT2D eigenvalue weighted by atomic mass is 33.1. The molecule has 16 heavy (non-hydrogen) atoms. The normalized spacial score (nSPS) is 10.6. The minimum atomic E-state index is 1.18. The van der Waals surface area contributed by atoms with Crippen molar-refractivity contribution in [1.82, 2.24) is 0 Å². The lowest BCUT2D eigenvalue weighted by atomic mass is 10.2. The SMILES string of the molecule is Cc1ccc(SSCCc2cccs2)cc1. The van der Waals surface area contributed by atoms with Gasteiger partial charge in [-0.3, -0.25) is 0 Å². The first kappa shape index (κ1) is 12.1. The summed E-state index contributed by atoms with van der Waals surface area (Å²) in [5.74, 6) is 1.18. The van der Waals surface area contributed by atoms with Crippen LogP contribution in [0.5, 0.6) is 0 Å². The van der Waals surface area contributed by atoms with Crippen LogP contribution < -0.4 is 0 Å². The van der Waals surface area contributed by atoms with Crippen LogP contribution in [0.3, 0.4) is 0 Å². The minimum Gasteiger partial charge on any atom is -0.149 e. The van der Waals surface area contributed by atoms with Crippen LogP contribution in [0.2, 0.25) is 0 Å². The number of thiophene rings is 1. The van der Waals surface area contributed by atoms with E-state index in [1.54, 1.807) is 0 Å². The van der Waals surface area contributed by atoms with Gasteiger partial charge in [0.05, 0.1) is 0 Å². The monoisotopic (exact) mass is 266 g/mol. The molecule has 0 nitrogen and oxygen atoms in total. The van der Waals surface area contributed by atoms with E-state index in [0.29, 0.717) is 0 Å². The fourth-order valence-corrected chi connectivity index (χ4v) is 4.15. The first-order valence-electron chi connectivity index (χ1n) is 5.23. The number of hydrogen-bond donors (Lipinski definition) is 0. The molecule has 0 bridgehead atoms. The highest BCUT2D eigenvalue weighted by molar-refractivity contribution is 8.76. The lowest BCUT2D eigenvalue weighted by molar-refractivity contribution is 1.21. The second-order valence-electron chi connectivity index (χ2n) is 3.55. The second-order valence-corrected chi connectivity index (χ2v) is 7.07. The molecule has 0 saturated carbocycles. The van der Waals surface area contributed by atoms with Gasteiger partial charge in [0, 0.05) is 15.5 Å². The molecule has 2 aromatic rings. The Morgan fingerprint density at radius 2 is 1.94 bits per heavy atom. The van der Waals surface area contributed by atoms with Gasteiger partial charge in [-0.1, -0.05) is 45.4 Å². The molecule has 0 aliphatic rings. The predicted molar refractivity (Wildman–Crippen MR) is 77.5 cm³/mol. The van der Waals surface area contributed by atoms with Crippen molar-refractivity contribution in [3.63, 3.8) is 0 Å². The molecule has 0 spiro atoms. The Bertz CT molecular complexity index is 403. The van der Waals surface area contributed by atoms with E-state index in [1.165, 1.54) is 27.5 Å². The Morgan fingerprint density at radius 3 is 2.62 bits per heavy atom. The van der Waals surface area contributed by atoms with Crippen LogP contribution in [0.25, 0.3) is 0 Å². The summed E-state index contributed by atoms with van der Waals surface area (Å²) >= 11 is 1.85. The summed E-state index contributed by atoms with van der Waals surface area (Å²) in [4.78, 5) is 2.83. The van der Waals surface area contributed by atoms with Crippen LogP contribution in [0.1, 0.15) is 10.4 Å². The van der Waals surface area contributed by atoms with Crippen LogP contribution in [-0.4, -0.2) is 5.75 Å². The third kappa shape index (κ3) is 3.89. The number of rotatable bonds is 5. The van der Waals surface area contributed by atoms with Crippen LogP contribution >= 0.6 is 32.9 Å². The standard InChI is InChI=1S/C13H14S3/c1-11-4-6-13(7-5-11)16-15-10-8-12-3-2-9-14-12/h2-7,9H,8,10H2,1H3. The molecule has 1 aromatic heterocycles. The Morgan fingerprint density at radius 1 is 1.12 bits per heavy atom. The average molecular weight is 266 g/mol. The third-order valence-electron chi connectivity index (χ3n) is 2.19. The molecule has 0 saturated heterocycles. The van der Waals surface area contributed by atoms with E-state index in [1.807, 2.05) is 32.9 Å². The number of hydrogen-bond acceptors (Lipinski definition) is 3. The number of aryl methyl sites for hydroxylation is 2. The molecular weight excluding hydrogens is 252 g/mol. The fourth-order valence-electron chi connectivity index (χ4n) is 1.30. The van der Waals surface area contributed by atoms with Gasteiger partial charge in [-0.2, -0.15) is 0 Å². The maximum Gasteiger partial charge on any atom is 0.0182 e. The average Bonchev–Trinajstić information content (AvgIpc) is 2.80. The van der Waals surface area contributed by atoms with Crippen molar-refractivity contribution in [2.75, 3.05) is 5.75 Å². The zero-order chi connectivity index (χ0) is 11.2. The van der Waals surface area contributed by atoms with Gasteiger partial charge < -0.3 is 0 Å². The molecule has 84 valence electrons. The highest BCUT2D eigenvalue weighted by Crippen LogP contribution is 2.31. The van der Waals surface area contributed by atoms with E-state index >= 15 is 0 Å². The molecule has 0 fully saturated rings. The smallest absolute Gasteiger partial charge is 0.0182 e. The van der Waals surface area contributed by atoms with E-state index in [-0.39, 0.29) is 0 Å². The van der Waals surface area contributed by atoms with Crippen molar-refractivity contribution in [2.24, 2.45) is 0 Å². The zero-order valence-electron chi connectivity index (χ0n) is 9.18. The van der Waals surface area contributed by atoms with Crippen molar-refractivity contribution in [1.29, 1.82) is 0 Å². The molecule has 0 radical (unpaired) electrons. The lowest BCUT2D eigenvalue weighted by Gasteiger charge is -2.00. The molecule has 0 N–H and O–H groups in total. The summed E-state index contributed by atoms with van der Waals surface area (Å²) in [7, 11) is 3.81. The van der Waals surface area contributed by atoms with Crippen molar-refractivity contribution in [3.05, 3.63) is 52.2 Å². The van der Waals surface area contributed by atoms with Gasteiger partial charge >= 0.3 is 0 Å². The van der Waals surface area contributed by atoms with Gasteiger partial charge in [0.25, 0.3) is 0 Å². The Balaban J connectivity index is 1.70. The summed E-state index contributed by atoms with van der Waals surface area (Å²) in [6.07, 6.45) is 1.18. The van der Waals surface area contributed by atoms with E-state index in [4.69, 9.17) is 0 Å². The van der Waals surface area contributed by atoms with Crippen LogP contribution in [0.4, 0.5) is 0 Å². The van der Waals surface area contributed by atoms with Crippen LogP contribution in [-0.2, 0) is 6.42 Å². The summed E-state index contributed by atoms with van der Waals surface area (Å²) < 4.78 is 0. The second kappa shape index (κ2) is 6.38. The van der Waals surface area contributed by atoms with Gasteiger partial charge in [-0.15, -0.1) is 11.3 Å². The molecule has 0 aliphatic carbocycles. The van der Waals surface area contributed by atoms with E-state index in [0.717, 1.165) is 0 Å². The molecular formula is C13H14S3. The fraction of sp³-hybridized carbons (Fsp3) is 0.231. The van der Waals surface area contributed by atoms with E-state index < -0.39 is 0 Å². The Labute approximate surface area is 109 Å². The van der Waals surface area contributed by atoms with Gasteiger partial charge in [0.2, 0.25) is 0 Å². The van der Waals surface area contributed by atoms with Gasteiger partial charge in [0.1, 0.15) is 0 Å². The third-order valence-corrected chi connectivity index (χ3v) is 5.51. The zero-order valence-corrected chi connectivity index (χ0v) is 11.6. The Kier molecular flexibility index (Phi) is 4.82. The molecule has 0 amide bonds. The predicted octanol–water partition coefficient (Wildman–Crippen LogP) is 5.04. The molecule has 0 unspecified atom stereocenters. The van der Waals surface area contributed by atoms with Gasteiger partial charge in [-0.05, 0) is 36.9 Å². The summed E-state index contributed by atoms with van der Waals surface area (Å²) in [5.41, 5.74) is 1.33. The van der Waals surface area contributed by atoms with Gasteiger partial charge in [-0.25, -0.2) is 0 Å². The van der Waals surface area contributed by atoms with Crippen LogP contribution in [0.15, 0.2) is 46.7 Å². The minimum absolute atomic E-state index is 1.18. The summed E-state index contributed by atoms with van der Waals surface area (Å²) in [6.45, 7) is 2.12. The lowest BCUT2D eigenvalue weighted by Crippen LogP contribution is -1.81. The molecule has 1 heterocycles. The van der Waals surface area contributed by atoms with Crippen molar-refractivity contribution in [2.45, 2.75) is 18.2 Å². The maximum absolute atomic E-state index is 2.21. The summed E-state index contributed by atoms with van der Waals surface area (Å²) in [5, 5.41) is 2.15. The van der Waals surface area contributed by atoms with E-state index in [9.17, 15) is 0 Å². The van der Waals surface area contributed by atoms with Crippen LogP contribution in [0, 0.1) is 6.92 Å². The van der Waals surface area contributed by atoms with Gasteiger partial charge in [0.15, 0.2) is 0 Å². The highest BCUT2D eigenvalue weighted by Gasteiger charge is 1.97. The largest absolute Gasteiger partial charge is 0.149 e. The summed E-state index contributed by atoms with van der Waals surface area (Å²) in [6, 6.07) is 13.1. The topological polar surface area (TPSA) is 0 Å². The molecule has 1 aromatic carbocycles. The molecule has 2 rings (SSSR count). The molecule has 3 heteroatoms. The van der Waals surface area contributed by atoms with Crippen molar-refractivity contribution < 1.29 is 0 Å². The quantitative estimate of drug-likeness (QED) is 0.549. The molecule has 0 aliphatic heterocycles. The first-order valence-corrected chi connectivity index (χ1v) is 8.43. The number of benzene rings is 1. The van der Waals surface area contributed by atoms with E-state index in [2.05, 4.69) is 48.7 Å². The molecule has 0 atom stereocenters. The first-order chi connectivity index (χ1) is 7.84. The van der Waals surface area contributed by atoms with Crippen molar-refractivity contribution >= 4 is 32.9 Å².